The lowest BCUT2D eigenvalue weighted by Gasteiger charge is -2.39. The molecule has 88 valence electrons. The van der Waals surface area contributed by atoms with Gasteiger partial charge < -0.3 is 5.32 Å². The van der Waals surface area contributed by atoms with E-state index in [9.17, 15) is 4.39 Å². The molecule has 1 aromatic carbocycles. The van der Waals surface area contributed by atoms with E-state index in [2.05, 4.69) is 19.2 Å². The molecule has 0 radical (unpaired) electrons. The van der Waals surface area contributed by atoms with Crippen molar-refractivity contribution in [3.05, 3.63) is 29.6 Å². The van der Waals surface area contributed by atoms with E-state index in [1.807, 2.05) is 13.0 Å². The summed E-state index contributed by atoms with van der Waals surface area (Å²) in [6.07, 6.45) is 2.34. The topological polar surface area (TPSA) is 12.0 Å². The molecule has 0 amide bonds. The number of hydrogen-bond acceptors (Lipinski definition) is 1. The average molecular weight is 221 g/mol. The molecule has 0 aliphatic heterocycles. The van der Waals surface area contributed by atoms with E-state index in [0.717, 1.165) is 17.4 Å². The van der Waals surface area contributed by atoms with Crippen LogP contribution in [0.2, 0.25) is 0 Å². The fraction of sp³-hybridized carbons (Fsp3) is 0.571. The second-order valence-electron chi connectivity index (χ2n) is 5.30. The van der Waals surface area contributed by atoms with Gasteiger partial charge in [-0.15, -0.1) is 0 Å². The number of hydrogen-bond donors (Lipinski definition) is 1. The van der Waals surface area contributed by atoms with Gasteiger partial charge in [0.15, 0.2) is 0 Å². The van der Waals surface area contributed by atoms with Crippen LogP contribution in [0.25, 0.3) is 0 Å². The van der Waals surface area contributed by atoms with Gasteiger partial charge in [-0.05, 0) is 49.3 Å². The Labute approximate surface area is 97.1 Å². The van der Waals surface area contributed by atoms with Crippen molar-refractivity contribution in [1.29, 1.82) is 0 Å². The van der Waals surface area contributed by atoms with Crippen molar-refractivity contribution in [3.63, 3.8) is 0 Å². The Morgan fingerprint density at radius 3 is 2.62 bits per heavy atom. The van der Waals surface area contributed by atoms with Gasteiger partial charge in [-0.3, -0.25) is 0 Å². The van der Waals surface area contributed by atoms with Crippen LogP contribution in [0.4, 0.5) is 10.1 Å². The Hall–Kier alpha value is -1.05. The van der Waals surface area contributed by atoms with Gasteiger partial charge in [0, 0.05) is 6.04 Å². The molecule has 2 rings (SSSR count). The minimum atomic E-state index is -0.140. The number of nitrogens with one attached hydrogen (secondary N) is 1. The molecule has 16 heavy (non-hydrogen) atoms. The molecule has 0 spiro atoms. The summed E-state index contributed by atoms with van der Waals surface area (Å²) in [5.74, 6) is 1.42. The lowest BCUT2D eigenvalue weighted by molar-refractivity contribution is 0.211. The van der Waals surface area contributed by atoms with E-state index in [-0.39, 0.29) is 5.82 Å². The van der Waals surface area contributed by atoms with Crippen molar-refractivity contribution < 1.29 is 4.39 Å². The maximum Gasteiger partial charge on any atom is 0.146 e. The fourth-order valence-electron chi connectivity index (χ4n) is 2.29. The molecule has 1 aliphatic carbocycles. The van der Waals surface area contributed by atoms with E-state index < -0.39 is 0 Å². The van der Waals surface area contributed by atoms with Crippen LogP contribution in [-0.4, -0.2) is 6.04 Å². The SMILES string of the molecule is Cc1ccc(F)c(NC2CC(C(C)C)C2)c1. The third-order valence-electron chi connectivity index (χ3n) is 3.60. The summed E-state index contributed by atoms with van der Waals surface area (Å²) in [6, 6.07) is 5.69. The summed E-state index contributed by atoms with van der Waals surface area (Å²) < 4.78 is 13.5. The van der Waals surface area contributed by atoms with Gasteiger partial charge in [0.2, 0.25) is 0 Å². The van der Waals surface area contributed by atoms with Gasteiger partial charge in [0.25, 0.3) is 0 Å². The second kappa shape index (κ2) is 4.44. The zero-order valence-electron chi connectivity index (χ0n) is 10.3. The third kappa shape index (κ3) is 2.37. The first-order valence-corrected chi connectivity index (χ1v) is 6.09. The van der Waals surface area contributed by atoms with Crippen LogP contribution in [-0.2, 0) is 0 Å². The Bertz CT molecular complexity index is 367. The molecular weight excluding hydrogens is 201 g/mol. The first-order valence-electron chi connectivity index (χ1n) is 6.09. The molecule has 2 heteroatoms. The summed E-state index contributed by atoms with van der Waals surface area (Å²) in [5, 5.41) is 3.30. The molecule has 1 fully saturated rings. The maximum absolute atomic E-state index is 13.5. The molecule has 1 aliphatic rings. The van der Waals surface area contributed by atoms with Gasteiger partial charge in [0.1, 0.15) is 5.82 Å². The summed E-state index contributed by atoms with van der Waals surface area (Å²) >= 11 is 0. The largest absolute Gasteiger partial charge is 0.380 e. The lowest BCUT2D eigenvalue weighted by atomic mass is 9.73. The first kappa shape index (κ1) is 11.4. The molecule has 1 N–H and O–H groups in total. The van der Waals surface area contributed by atoms with Crippen LogP contribution >= 0.6 is 0 Å². The summed E-state index contributed by atoms with van der Waals surface area (Å²) in [4.78, 5) is 0. The van der Waals surface area contributed by atoms with Crippen molar-refractivity contribution in [3.8, 4) is 0 Å². The molecular formula is C14H20FN. The molecule has 1 saturated carbocycles. The van der Waals surface area contributed by atoms with Crippen molar-refractivity contribution in [2.75, 3.05) is 5.32 Å². The molecule has 1 nitrogen and oxygen atoms in total. The van der Waals surface area contributed by atoms with Crippen molar-refractivity contribution >= 4 is 5.69 Å². The second-order valence-corrected chi connectivity index (χ2v) is 5.30. The smallest absolute Gasteiger partial charge is 0.146 e. The minimum absolute atomic E-state index is 0.140. The molecule has 1 aromatic rings. The van der Waals surface area contributed by atoms with Crippen molar-refractivity contribution in [2.45, 2.75) is 39.7 Å². The van der Waals surface area contributed by atoms with Crippen LogP contribution in [0, 0.1) is 24.6 Å². The molecule has 0 bridgehead atoms. The summed E-state index contributed by atoms with van der Waals surface area (Å²) in [7, 11) is 0. The summed E-state index contributed by atoms with van der Waals surface area (Å²) in [6.45, 7) is 6.50. The predicted molar refractivity (Wildman–Crippen MR) is 66.1 cm³/mol. The van der Waals surface area contributed by atoms with Crippen molar-refractivity contribution in [1.82, 2.24) is 0 Å². The number of halogens is 1. The zero-order chi connectivity index (χ0) is 11.7. The van der Waals surface area contributed by atoms with Crippen LogP contribution < -0.4 is 5.32 Å². The molecule has 0 atom stereocenters. The van der Waals surface area contributed by atoms with E-state index >= 15 is 0 Å². The van der Waals surface area contributed by atoms with E-state index in [1.54, 1.807) is 6.07 Å². The monoisotopic (exact) mass is 221 g/mol. The quantitative estimate of drug-likeness (QED) is 0.814. The number of anilines is 1. The van der Waals surface area contributed by atoms with E-state index in [1.165, 1.54) is 18.9 Å². The zero-order valence-corrected chi connectivity index (χ0v) is 10.3. The highest BCUT2D eigenvalue weighted by Crippen LogP contribution is 2.35. The summed E-state index contributed by atoms with van der Waals surface area (Å²) in [5.41, 5.74) is 1.76. The number of benzene rings is 1. The molecule has 0 saturated heterocycles. The molecule has 0 aromatic heterocycles. The van der Waals surface area contributed by atoms with Gasteiger partial charge in [-0.1, -0.05) is 19.9 Å². The Balaban J connectivity index is 1.94. The Morgan fingerprint density at radius 2 is 2.00 bits per heavy atom. The normalized spacial score (nSPS) is 24.3. The Morgan fingerprint density at radius 1 is 1.31 bits per heavy atom. The Kier molecular flexibility index (Phi) is 3.17. The average Bonchev–Trinajstić information content (AvgIpc) is 2.15. The standard InChI is InChI=1S/C14H20FN/c1-9(2)11-7-12(8-11)16-14-6-10(3)4-5-13(14)15/h4-6,9,11-12,16H,7-8H2,1-3H3. The van der Waals surface area contributed by atoms with Crippen LogP contribution in [0.1, 0.15) is 32.3 Å². The van der Waals surface area contributed by atoms with E-state index in [0.29, 0.717) is 11.7 Å². The van der Waals surface area contributed by atoms with Gasteiger partial charge in [-0.25, -0.2) is 4.39 Å². The van der Waals surface area contributed by atoms with Crippen LogP contribution in [0.3, 0.4) is 0 Å². The highest BCUT2D eigenvalue weighted by molar-refractivity contribution is 5.48. The lowest BCUT2D eigenvalue weighted by Crippen LogP contribution is -2.38. The fourth-order valence-corrected chi connectivity index (χ4v) is 2.29. The number of aryl methyl sites for hydroxylation is 1. The maximum atomic E-state index is 13.5. The van der Waals surface area contributed by atoms with E-state index in [4.69, 9.17) is 0 Å². The molecule has 0 heterocycles. The minimum Gasteiger partial charge on any atom is -0.380 e. The van der Waals surface area contributed by atoms with Gasteiger partial charge in [-0.2, -0.15) is 0 Å². The van der Waals surface area contributed by atoms with Gasteiger partial charge in [0.05, 0.1) is 5.69 Å². The van der Waals surface area contributed by atoms with Crippen molar-refractivity contribution in [2.24, 2.45) is 11.8 Å². The number of rotatable bonds is 3. The van der Waals surface area contributed by atoms with Gasteiger partial charge >= 0.3 is 0 Å². The molecule has 0 unspecified atom stereocenters. The third-order valence-corrected chi connectivity index (χ3v) is 3.60. The highest BCUT2D eigenvalue weighted by atomic mass is 19.1. The van der Waals surface area contributed by atoms with Crippen LogP contribution in [0.15, 0.2) is 18.2 Å². The highest BCUT2D eigenvalue weighted by Gasteiger charge is 2.31. The predicted octanol–water partition coefficient (Wildman–Crippen LogP) is 3.98. The van der Waals surface area contributed by atoms with Crippen LogP contribution in [0.5, 0.6) is 0 Å². The first-order chi connectivity index (χ1) is 7.56.